The van der Waals surface area contributed by atoms with Crippen LogP contribution in [0.4, 0.5) is 0 Å². The number of hydrogen-bond acceptors (Lipinski definition) is 4. The minimum Gasteiger partial charge on any atom is -0.479 e. The molecular weight excluding hydrogens is 286 g/mol. The second-order valence-corrected chi connectivity index (χ2v) is 5.25. The van der Waals surface area contributed by atoms with E-state index in [1.165, 1.54) is 11.2 Å². The summed E-state index contributed by atoms with van der Waals surface area (Å²) in [4.78, 5) is 36.3. The van der Waals surface area contributed by atoms with Gasteiger partial charge in [0.15, 0.2) is 6.04 Å². The van der Waals surface area contributed by atoms with E-state index in [4.69, 9.17) is 0 Å². The van der Waals surface area contributed by atoms with Crippen LogP contribution in [0, 0.1) is 0 Å². The van der Waals surface area contributed by atoms with E-state index in [2.05, 4.69) is 15.0 Å². The van der Waals surface area contributed by atoms with Gasteiger partial charge in [0.2, 0.25) is 5.91 Å². The molecule has 3 rings (SSSR count). The van der Waals surface area contributed by atoms with Crippen molar-refractivity contribution in [2.24, 2.45) is 0 Å². The van der Waals surface area contributed by atoms with Crippen LogP contribution < -0.4 is 0 Å². The van der Waals surface area contributed by atoms with E-state index in [1.54, 1.807) is 12.5 Å². The molecule has 0 aliphatic carbocycles. The predicted octanol–water partition coefficient (Wildman–Crippen LogP) is 0.597. The molecule has 1 aliphatic rings. The van der Waals surface area contributed by atoms with Gasteiger partial charge in [-0.2, -0.15) is 0 Å². The van der Waals surface area contributed by atoms with Crippen molar-refractivity contribution in [3.63, 3.8) is 0 Å². The zero-order valence-corrected chi connectivity index (χ0v) is 12.0. The van der Waals surface area contributed by atoms with Gasteiger partial charge >= 0.3 is 5.97 Å². The first-order chi connectivity index (χ1) is 10.7. The molecular formula is C14H17N5O3. The Kier molecular flexibility index (Phi) is 3.90. The average molecular weight is 303 g/mol. The van der Waals surface area contributed by atoms with Gasteiger partial charge in [0.1, 0.15) is 0 Å². The zero-order chi connectivity index (χ0) is 15.5. The van der Waals surface area contributed by atoms with Crippen LogP contribution in [0.3, 0.4) is 0 Å². The number of fused-ring (bicyclic) bond motifs is 1. The van der Waals surface area contributed by atoms with Gasteiger partial charge < -0.3 is 19.6 Å². The average Bonchev–Trinajstić information content (AvgIpc) is 3.16. The molecule has 2 N–H and O–H groups in total. The molecule has 0 saturated heterocycles. The fourth-order valence-corrected chi connectivity index (χ4v) is 2.77. The Bertz CT molecular complexity index is 664. The van der Waals surface area contributed by atoms with Crippen molar-refractivity contribution < 1.29 is 14.7 Å². The topological polar surface area (TPSA) is 104 Å². The molecule has 0 bridgehead atoms. The molecule has 3 heterocycles. The van der Waals surface area contributed by atoms with E-state index < -0.39 is 12.0 Å². The van der Waals surface area contributed by atoms with Crippen molar-refractivity contribution in [1.29, 1.82) is 0 Å². The number of carboxylic acids is 1. The highest BCUT2D eigenvalue weighted by atomic mass is 16.4. The first-order valence-corrected chi connectivity index (χ1v) is 7.17. The second kappa shape index (κ2) is 6.00. The predicted molar refractivity (Wildman–Crippen MR) is 75.8 cm³/mol. The number of carbonyl (C=O) groups excluding carboxylic acids is 1. The standard InChI is InChI=1S/C14H17N5O3/c20-11(2-1-5-18-7-4-15-9-18)19-6-3-10-12(17-8-16-10)13(19)14(21)22/h4,7-9,13H,1-3,5-6H2,(H,16,17)(H,21,22). The van der Waals surface area contributed by atoms with Crippen molar-refractivity contribution in [3.05, 3.63) is 36.4 Å². The molecule has 1 unspecified atom stereocenters. The van der Waals surface area contributed by atoms with E-state index in [0.717, 1.165) is 5.69 Å². The van der Waals surface area contributed by atoms with Crippen LogP contribution in [0.1, 0.15) is 30.3 Å². The number of aryl methyl sites for hydroxylation is 1. The molecule has 22 heavy (non-hydrogen) atoms. The van der Waals surface area contributed by atoms with Crippen molar-refractivity contribution in [3.8, 4) is 0 Å². The quantitative estimate of drug-likeness (QED) is 0.841. The summed E-state index contributed by atoms with van der Waals surface area (Å²) in [6.45, 7) is 1.08. The summed E-state index contributed by atoms with van der Waals surface area (Å²) in [5.74, 6) is -1.20. The summed E-state index contributed by atoms with van der Waals surface area (Å²) >= 11 is 0. The lowest BCUT2D eigenvalue weighted by Crippen LogP contribution is -2.43. The molecule has 8 heteroatoms. The van der Waals surface area contributed by atoms with Gasteiger partial charge in [-0.05, 0) is 6.42 Å². The number of H-pyrrole nitrogens is 1. The highest BCUT2D eigenvalue weighted by Crippen LogP contribution is 2.28. The summed E-state index contributed by atoms with van der Waals surface area (Å²) < 4.78 is 1.89. The molecule has 0 fully saturated rings. The van der Waals surface area contributed by atoms with Crippen LogP contribution in [0.15, 0.2) is 25.0 Å². The van der Waals surface area contributed by atoms with E-state index >= 15 is 0 Å². The number of aliphatic carboxylic acids is 1. The van der Waals surface area contributed by atoms with Crippen LogP contribution in [0.5, 0.6) is 0 Å². The number of rotatable bonds is 5. The maximum absolute atomic E-state index is 12.4. The number of hydrogen-bond donors (Lipinski definition) is 2. The fraction of sp³-hybridized carbons (Fsp3) is 0.429. The number of carboxylic acid groups (broad SMARTS) is 1. The summed E-state index contributed by atoms with van der Waals surface area (Å²) in [5, 5.41) is 9.44. The molecule has 0 aromatic carbocycles. The van der Waals surface area contributed by atoms with Crippen LogP contribution >= 0.6 is 0 Å². The van der Waals surface area contributed by atoms with Crippen molar-refractivity contribution in [2.75, 3.05) is 6.54 Å². The summed E-state index contributed by atoms with van der Waals surface area (Å²) in [5.41, 5.74) is 1.25. The van der Waals surface area contributed by atoms with E-state index in [-0.39, 0.29) is 5.91 Å². The largest absolute Gasteiger partial charge is 0.479 e. The molecule has 1 amide bonds. The molecule has 1 aliphatic heterocycles. The van der Waals surface area contributed by atoms with Gasteiger partial charge in [0, 0.05) is 44.0 Å². The Labute approximate surface area is 126 Å². The van der Waals surface area contributed by atoms with Gasteiger partial charge in [0.05, 0.1) is 18.3 Å². The van der Waals surface area contributed by atoms with Crippen molar-refractivity contribution >= 4 is 11.9 Å². The van der Waals surface area contributed by atoms with Crippen LogP contribution in [0.25, 0.3) is 0 Å². The molecule has 1 atom stereocenters. The number of nitrogens with zero attached hydrogens (tertiary/aromatic N) is 4. The normalized spacial score (nSPS) is 17.3. The first kappa shape index (κ1) is 14.3. The fourth-order valence-electron chi connectivity index (χ4n) is 2.77. The second-order valence-electron chi connectivity index (χ2n) is 5.25. The minimum absolute atomic E-state index is 0.152. The van der Waals surface area contributed by atoms with E-state index in [0.29, 0.717) is 38.0 Å². The van der Waals surface area contributed by atoms with Gasteiger partial charge in [-0.1, -0.05) is 0 Å². The molecule has 2 aromatic rings. The number of aromatic nitrogens is 4. The Morgan fingerprint density at radius 1 is 1.45 bits per heavy atom. The smallest absolute Gasteiger partial charge is 0.332 e. The summed E-state index contributed by atoms with van der Waals surface area (Å²) in [6, 6.07) is -0.990. The first-order valence-electron chi connectivity index (χ1n) is 7.17. The summed E-state index contributed by atoms with van der Waals surface area (Å²) in [6.07, 6.45) is 8.25. The van der Waals surface area contributed by atoms with Crippen LogP contribution in [0.2, 0.25) is 0 Å². The third-order valence-corrected chi connectivity index (χ3v) is 3.85. The Morgan fingerprint density at radius 2 is 2.32 bits per heavy atom. The molecule has 0 radical (unpaired) electrons. The monoisotopic (exact) mass is 303 g/mol. The maximum atomic E-state index is 12.4. The third kappa shape index (κ3) is 2.72. The molecule has 8 nitrogen and oxygen atoms in total. The number of imidazole rings is 2. The minimum atomic E-state index is -1.05. The molecule has 116 valence electrons. The Hall–Kier alpha value is -2.64. The van der Waals surface area contributed by atoms with Gasteiger partial charge in [-0.25, -0.2) is 14.8 Å². The van der Waals surface area contributed by atoms with Crippen molar-refractivity contribution in [2.45, 2.75) is 31.8 Å². The highest BCUT2D eigenvalue weighted by molar-refractivity contribution is 5.85. The van der Waals surface area contributed by atoms with E-state index in [9.17, 15) is 14.7 Å². The molecule has 0 spiro atoms. The zero-order valence-electron chi connectivity index (χ0n) is 12.0. The van der Waals surface area contributed by atoms with Gasteiger partial charge in [-0.3, -0.25) is 4.79 Å². The highest BCUT2D eigenvalue weighted by Gasteiger charge is 2.37. The SMILES string of the molecule is O=C(O)C1c2nc[nH]c2CCN1C(=O)CCCn1ccnc1. The van der Waals surface area contributed by atoms with Crippen LogP contribution in [-0.2, 0) is 22.6 Å². The molecule has 0 saturated carbocycles. The lowest BCUT2D eigenvalue weighted by molar-refractivity contribution is -0.151. The van der Waals surface area contributed by atoms with Gasteiger partial charge in [-0.15, -0.1) is 0 Å². The molecule has 2 aromatic heterocycles. The number of nitrogens with one attached hydrogen (secondary N) is 1. The number of amides is 1. The Morgan fingerprint density at radius 3 is 3.05 bits per heavy atom. The summed E-state index contributed by atoms with van der Waals surface area (Å²) in [7, 11) is 0. The third-order valence-electron chi connectivity index (χ3n) is 3.85. The number of aromatic amines is 1. The van der Waals surface area contributed by atoms with E-state index in [1.807, 2.05) is 10.8 Å². The van der Waals surface area contributed by atoms with Gasteiger partial charge in [0.25, 0.3) is 0 Å². The lowest BCUT2D eigenvalue weighted by Gasteiger charge is -2.32. The Balaban J connectivity index is 1.65. The van der Waals surface area contributed by atoms with Crippen molar-refractivity contribution in [1.82, 2.24) is 24.4 Å². The number of carbonyl (C=O) groups is 2. The van der Waals surface area contributed by atoms with Crippen LogP contribution in [-0.4, -0.2) is 47.9 Å². The lowest BCUT2D eigenvalue weighted by atomic mass is 10.0. The maximum Gasteiger partial charge on any atom is 0.332 e.